The number of nitrogens with one attached hydrogen (secondary N) is 2. The first kappa shape index (κ1) is 20.4. The van der Waals surface area contributed by atoms with E-state index in [-0.39, 0.29) is 5.91 Å². The summed E-state index contributed by atoms with van der Waals surface area (Å²) in [6.45, 7) is 10.3. The van der Waals surface area contributed by atoms with Crippen molar-refractivity contribution >= 4 is 28.8 Å². The number of benzene rings is 2. The number of carbonyl (C=O) groups excluding carboxylic acids is 1. The van der Waals surface area contributed by atoms with Gasteiger partial charge in [-0.3, -0.25) is 4.79 Å². The van der Waals surface area contributed by atoms with Crippen LogP contribution in [0, 0.1) is 13.8 Å². The molecule has 29 heavy (non-hydrogen) atoms. The molecule has 0 saturated heterocycles. The van der Waals surface area contributed by atoms with Crippen LogP contribution in [0.3, 0.4) is 0 Å². The maximum atomic E-state index is 12.4. The number of anilines is 4. The van der Waals surface area contributed by atoms with E-state index in [9.17, 15) is 4.79 Å². The van der Waals surface area contributed by atoms with Crippen LogP contribution in [-0.4, -0.2) is 24.0 Å². The average Bonchev–Trinajstić information content (AvgIpc) is 2.72. The first-order chi connectivity index (χ1) is 14.0. The van der Waals surface area contributed by atoms with Crippen LogP contribution in [0.4, 0.5) is 22.9 Å². The second kappa shape index (κ2) is 9.24. The number of pyridine rings is 1. The molecule has 0 unspecified atom stereocenters. The molecular formula is C24H28N4O. The van der Waals surface area contributed by atoms with Crippen molar-refractivity contribution < 1.29 is 4.79 Å². The first-order valence-electron chi connectivity index (χ1n) is 9.97. The van der Waals surface area contributed by atoms with E-state index in [0.29, 0.717) is 11.3 Å². The predicted molar refractivity (Wildman–Crippen MR) is 121 cm³/mol. The van der Waals surface area contributed by atoms with Gasteiger partial charge in [-0.05, 0) is 75.2 Å². The van der Waals surface area contributed by atoms with E-state index >= 15 is 0 Å². The SMILES string of the molecule is CCN(CC)c1ccc(Nc2ccc(NC(=O)c3ccccc3C)cn2)c(C)c1. The van der Waals surface area contributed by atoms with E-state index in [0.717, 1.165) is 35.7 Å². The molecule has 0 aliphatic rings. The summed E-state index contributed by atoms with van der Waals surface area (Å²) in [6.07, 6.45) is 1.66. The summed E-state index contributed by atoms with van der Waals surface area (Å²) in [5, 5.41) is 6.25. The molecule has 0 spiro atoms. The van der Waals surface area contributed by atoms with Gasteiger partial charge in [0.05, 0.1) is 11.9 Å². The van der Waals surface area contributed by atoms with E-state index in [1.54, 1.807) is 6.20 Å². The number of carbonyl (C=O) groups is 1. The van der Waals surface area contributed by atoms with Crippen LogP contribution in [0.25, 0.3) is 0 Å². The average molecular weight is 389 g/mol. The fraction of sp³-hybridized carbons (Fsp3) is 0.250. The molecule has 0 fully saturated rings. The molecule has 0 aliphatic carbocycles. The third kappa shape index (κ3) is 4.93. The molecule has 3 aromatic rings. The summed E-state index contributed by atoms with van der Waals surface area (Å²) in [7, 11) is 0. The van der Waals surface area contributed by atoms with Crippen molar-refractivity contribution in [2.75, 3.05) is 28.6 Å². The molecule has 0 atom stereocenters. The van der Waals surface area contributed by atoms with Crippen LogP contribution >= 0.6 is 0 Å². The first-order valence-corrected chi connectivity index (χ1v) is 9.97. The largest absolute Gasteiger partial charge is 0.372 e. The molecule has 2 aromatic carbocycles. The lowest BCUT2D eigenvalue weighted by Crippen LogP contribution is -2.21. The topological polar surface area (TPSA) is 57.3 Å². The van der Waals surface area contributed by atoms with Crippen molar-refractivity contribution in [2.45, 2.75) is 27.7 Å². The minimum atomic E-state index is -0.131. The van der Waals surface area contributed by atoms with E-state index in [1.165, 1.54) is 5.69 Å². The Kier molecular flexibility index (Phi) is 6.50. The lowest BCUT2D eigenvalue weighted by molar-refractivity contribution is 0.102. The molecule has 0 saturated carbocycles. The lowest BCUT2D eigenvalue weighted by Gasteiger charge is -2.22. The second-order valence-corrected chi connectivity index (χ2v) is 7.00. The van der Waals surface area contributed by atoms with E-state index in [2.05, 4.69) is 59.5 Å². The van der Waals surface area contributed by atoms with Crippen LogP contribution < -0.4 is 15.5 Å². The minimum absolute atomic E-state index is 0.131. The molecule has 1 heterocycles. The number of rotatable bonds is 7. The normalized spacial score (nSPS) is 10.5. The summed E-state index contributed by atoms with van der Waals surface area (Å²) in [6, 6.07) is 17.6. The molecule has 5 nitrogen and oxygen atoms in total. The van der Waals surface area contributed by atoms with Crippen LogP contribution in [-0.2, 0) is 0 Å². The highest BCUT2D eigenvalue weighted by Crippen LogP contribution is 2.25. The Morgan fingerprint density at radius 3 is 2.34 bits per heavy atom. The molecular weight excluding hydrogens is 360 g/mol. The number of nitrogens with zero attached hydrogens (tertiary/aromatic N) is 2. The molecule has 3 rings (SSSR count). The summed E-state index contributed by atoms with van der Waals surface area (Å²) < 4.78 is 0. The van der Waals surface area contributed by atoms with Crippen molar-refractivity contribution in [3.05, 3.63) is 77.5 Å². The summed E-state index contributed by atoms with van der Waals surface area (Å²) in [4.78, 5) is 19.2. The maximum absolute atomic E-state index is 12.4. The Hall–Kier alpha value is -3.34. The lowest BCUT2D eigenvalue weighted by atomic mass is 10.1. The fourth-order valence-electron chi connectivity index (χ4n) is 3.28. The van der Waals surface area contributed by atoms with Crippen molar-refractivity contribution in [3.63, 3.8) is 0 Å². The van der Waals surface area contributed by atoms with Gasteiger partial charge >= 0.3 is 0 Å². The Morgan fingerprint density at radius 1 is 0.966 bits per heavy atom. The molecule has 1 aromatic heterocycles. The van der Waals surface area contributed by atoms with Crippen LogP contribution in [0.5, 0.6) is 0 Å². The fourth-order valence-corrected chi connectivity index (χ4v) is 3.28. The van der Waals surface area contributed by atoms with Gasteiger partial charge in [0, 0.05) is 30.0 Å². The number of aromatic nitrogens is 1. The Balaban J connectivity index is 1.68. The zero-order valence-corrected chi connectivity index (χ0v) is 17.5. The molecule has 150 valence electrons. The van der Waals surface area contributed by atoms with Gasteiger partial charge in [0.2, 0.25) is 0 Å². The maximum Gasteiger partial charge on any atom is 0.255 e. The standard InChI is InChI=1S/C24H28N4O/c1-5-28(6-2)20-12-13-22(18(4)15-20)27-23-14-11-19(16-25-23)26-24(29)21-10-8-7-9-17(21)3/h7-16H,5-6H2,1-4H3,(H,25,27)(H,26,29). The quantitative estimate of drug-likeness (QED) is 0.558. The molecule has 0 aliphatic heterocycles. The van der Waals surface area contributed by atoms with E-state index in [1.807, 2.05) is 43.3 Å². The molecule has 2 N–H and O–H groups in total. The highest BCUT2D eigenvalue weighted by atomic mass is 16.1. The highest BCUT2D eigenvalue weighted by molar-refractivity contribution is 6.05. The van der Waals surface area contributed by atoms with Gasteiger partial charge in [-0.25, -0.2) is 4.98 Å². The third-order valence-electron chi connectivity index (χ3n) is 5.01. The van der Waals surface area contributed by atoms with Crippen molar-refractivity contribution in [1.29, 1.82) is 0 Å². The second-order valence-electron chi connectivity index (χ2n) is 7.00. The number of aryl methyl sites for hydroxylation is 2. The molecule has 0 bridgehead atoms. The van der Waals surface area contributed by atoms with Crippen LogP contribution in [0.1, 0.15) is 35.3 Å². The van der Waals surface area contributed by atoms with Crippen molar-refractivity contribution in [1.82, 2.24) is 4.98 Å². The van der Waals surface area contributed by atoms with Crippen LogP contribution in [0.15, 0.2) is 60.8 Å². The minimum Gasteiger partial charge on any atom is -0.372 e. The summed E-state index contributed by atoms with van der Waals surface area (Å²) in [5.74, 6) is 0.603. The number of hydrogen-bond donors (Lipinski definition) is 2. The van der Waals surface area contributed by atoms with Gasteiger partial charge in [-0.2, -0.15) is 0 Å². The number of hydrogen-bond acceptors (Lipinski definition) is 4. The summed E-state index contributed by atoms with van der Waals surface area (Å²) in [5.41, 5.74) is 5.68. The Bertz CT molecular complexity index is 978. The monoisotopic (exact) mass is 388 g/mol. The van der Waals surface area contributed by atoms with Gasteiger partial charge in [0.15, 0.2) is 0 Å². The van der Waals surface area contributed by atoms with Gasteiger partial charge in [0.25, 0.3) is 5.91 Å². The smallest absolute Gasteiger partial charge is 0.255 e. The van der Waals surface area contributed by atoms with Gasteiger partial charge in [-0.1, -0.05) is 18.2 Å². The van der Waals surface area contributed by atoms with Gasteiger partial charge in [-0.15, -0.1) is 0 Å². The Labute approximate surface area is 172 Å². The third-order valence-corrected chi connectivity index (χ3v) is 5.01. The van der Waals surface area contributed by atoms with Crippen molar-refractivity contribution in [2.24, 2.45) is 0 Å². The zero-order valence-electron chi connectivity index (χ0n) is 17.5. The van der Waals surface area contributed by atoms with Gasteiger partial charge in [0.1, 0.15) is 5.82 Å². The van der Waals surface area contributed by atoms with Crippen molar-refractivity contribution in [3.8, 4) is 0 Å². The zero-order chi connectivity index (χ0) is 20.8. The summed E-state index contributed by atoms with van der Waals surface area (Å²) >= 11 is 0. The van der Waals surface area contributed by atoms with Gasteiger partial charge < -0.3 is 15.5 Å². The van der Waals surface area contributed by atoms with E-state index < -0.39 is 0 Å². The van der Waals surface area contributed by atoms with Crippen LogP contribution in [0.2, 0.25) is 0 Å². The number of amides is 1. The highest BCUT2D eigenvalue weighted by Gasteiger charge is 2.09. The Morgan fingerprint density at radius 2 is 1.72 bits per heavy atom. The van der Waals surface area contributed by atoms with E-state index in [4.69, 9.17) is 0 Å². The molecule has 0 radical (unpaired) electrons. The predicted octanol–water partition coefficient (Wildman–Crippen LogP) is 5.54. The molecule has 5 heteroatoms. The molecule has 1 amide bonds.